The van der Waals surface area contributed by atoms with Crippen molar-refractivity contribution in [1.29, 1.82) is 0 Å². The van der Waals surface area contributed by atoms with Crippen LogP contribution < -0.4 is 9.47 Å². The zero-order valence-electron chi connectivity index (χ0n) is 14.2. The van der Waals surface area contributed by atoms with Crippen molar-refractivity contribution in [3.8, 4) is 34.5 Å². The van der Waals surface area contributed by atoms with Crippen molar-refractivity contribution in [3.63, 3.8) is 0 Å². The number of esters is 2. The fourth-order valence-electron chi connectivity index (χ4n) is 2.27. The van der Waals surface area contributed by atoms with Gasteiger partial charge in [-0.3, -0.25) is 0 Å². The number of carbonyl (C=O) groups is 2. The Hall–Kier alpha value is -4.20. The molecule has 0 spiro atoms. The third-order valence-electron chi connectivity index (χ3n) is 3.67. The van der Waals surface area contributed by atoms with Gasteiger partial charge in [-0.2, -0.15) is 0 Å². The lowest BCUT2D eigenvalue weighted by Crippen LogP contribution is -2.12. The van der Waals surface area contributed by atoms with Crippen LogP contribution in [0.3, 0.4) is 0 Å². The molecule has 0 fully saturated rings. The molecule has 8 nitrogen and oxygen atoms in total. The van der Waals surface area contributed by atoms with Gasteiger partial charge in [0.25, 0.3) is 0 Å². The molecule has 0 amide bonds. The molecule has 3 aromatic rings. The normalized spacial score (nSPS) is 10.3. The fourth-order valence-corrected chi connectivity index (χ4v) is 2.27. The lowest BCUT2D eigenvalue weighted by molar-refractivity contribution is 0.0680. The Morgan fingerprint density at radius 1 is 0.643 bits per heavy atom. The SMILES string of the molecule is O=C(Oc1ccccc1OC(=O)c1cc(O)ccc1O)c1ccc(O)c(O)c1. The number of benzene rings is 3. The zero-order valence-corrected chi connectivity index (χ0v) is 14.2. The van der Waals surface area contributed by atoms with Gasteiger partial charge in [-0.25, -0.2) is 9.59 Å². The van der Waals surface area contributed by atoms with Crippen molar-refractivity contribution in [2.45, 2.75) is 0 Å². The van der Waals surface area contributed by atoms with Crippen LogP contribution in [0.5, 0.6) is 34.5 Å². The largest absolute Gasteiger partial charge is 0.508 e. The highest BCUT2D eigenvalue weighted by molar-refractivity contribution is 5.95. The maximum atomic E-state index is 12.3. The highest BCUT2D eigenvalue weighted by atomic mass is 16.6. The first-order chi connectivity index (χ1) is 13.3. The van der Waals surface area contributed by atoms with Crippen LogP contribution in [0.15, 0.2) is 60.7 Å². The fraction of sp³-hybridized carbons (Fsp3) is 0. The standard InChI is InChI=1S/C20H14O8/c21-12-6-8-14(22)13(10-12)20(26)28-18-4-2-1-3-17(18)27-19(25)11-5-7-15(23)16(24)9-11/h1-10,21-24H. The monoisotopic (exact) mass is 382 g/mol. The summed E-state index contributed by atoms with van der Waals surface area (Å²) < 4.78 is 10.4. The summed E-state index contributed by atoms with van der Waals surface area (Å²) in [7, 11) is 0. The van der Waals surface area contributed by atoms with E-state index in [2.05, 4.69) is 0 Å². The van der Waals surface area contributed by atoms with Crippen LogP contribution in [0.1, 0.15) is 20.7 Å². The molecular formula is C20H14O8. The van der Waals surface area contributed by atoms with Crippen LogP contribution in [-0.2, 0) is 0 Å². The average molecular weight is 382 g/mol. The van der Waals surface area contributed by atoms with Gasteiger partial charge in [0.05, 0.1) is 5.56 Å². The third-order valence-corrected chi connectivity index (χ3v) is 3.67. The summed E-state index contributed by atoms with van der Waals surface area (Å²) >= 11 is 0. The molecule has 0 heterocycles. The Bertz CT molecular complexity index is 1060. The molecule has 0 atom stereocenters. The number of hydrogen-bond acceptors (Lipinski definition) is 8. The molecule has 28 heavy (non-hydrogen) atoms. The van der Waals surface area contributed by atoms with Crippen molar-refractivity contribution >= 4 is 11.9 Å². The summed E-state index contributed by atoms with van der Waals surface area (Å²) in [5.41, 5.74) is -0.313. The second kappa shape index (κ2) is 7.58. The predicted octanol–water partition coefficient (Wildman–Crippen LogP) is 2.95. The van der Waals surface area contributed by atoms with Gasteiger partial charge < -0.3 is 29.9 Å². The minimum absolute atomic E-state index is 0.0398. The number of hydrogen-bond donors (Lipinski definition) is 4. The van der Waals surface area contributed by atoms with Crippen LogP contribution in [0.25, 0.3) is 0 Å². The van der Waals surface area contributed by atoms with Crippen molar-refractivity contribution in [1.82, 2.24) is 0 Å². The first kappa shape index (κ1) is 18.6. The molecule has 8 heteroatoms. The first-order valence-electron chi connectivity index (χ1n) is 7.92. The Morgan fingerprint density at radius 2 is 1.25 bits per heavy atom. The van der Waals surface area contributed by atoms with E-state index in [0.717, 1.165) is 24.3 Å². The highest BCUT2D eigenvalue weighted by Gasteiger charge is 2.19. The Labute approximate surface area is 158 Å². The predicted molar refractivity (Wildman–Crippen MR) is 95.9 cm³/mol. The van der Waals surface area contributed by atoms with Crippen molar-refractivity contribution in [2.75, 3.05) is 0 Å². The van der Waals surface area contributed by atoms with Crippen molar-refractivity contribution < 1.29 is 39.5 Å². The van der Waals surface area contributed by atoms with Crippen LogP contribution in [-0.4, -0.2) is 32.4 Å². The van der Waals surface area contributed by atoms with E-state index < -0.39 is 29.2 Å². The van der Waals surface area contributed by atoms with Gasteiger partial charge in [0.1, 0.15) is 17.1 Å². The van der Waals surface area contributed by atoms with Crippen molar-refractivity contribution in [3.05, 3.63) is 71.8 Å². The molecule has 4 N–H and O–H groups in total. The van der Waals surface area contributed by atoms with Crippen LogP contribution in [0, 0.1) is 0 Å². The van der Waals surface area contributed by atoms with E-state index in [1.165, 1.54) is 30.3 Å². The molecular weight excluding hydrogens is 368 g/mol. The molecule has 0 radical (unpaired) electrons. The van der Waals surface area contributed by atoms with E-state index in [-0.39, 0.29) is 28.4 Å². The quantitative estimate of drug-likeness (QED) is 0.234. The molecule has 0 bridgehead atoms. The maximum Gasteiger partial charge on any atom is 0.347 e. The van der Waals surface area contributed by atoms with Gasteiger partial charge in [0, 0.05) is 0 Å². The number of carbonyl (C=O) groups excluding carboxylic acids is 2. The van der Waals surface area contributed by atoms with Crippen LogP contribution in [0.2, 0.25) is 0 Å². The van der Waals surface area contributed by atoms with E-state index in [1.54, 1.807) is 6.07 Å². The Balaban J connectivity index is 1.83. The van der Waals surface area contributed by atoms with Gasteiger partial charge in [-0.05, 0) is 48.5 Å². The van der Waals surface area contributed by atoms with Gasteiger partial charge in [0.15, 0.2) is 23.0 Å². The summed E-state index contributed by atoms with van der Waals surface area (Å²) in [6, 6.07) is 12.6. The first-order valence-corrected chi connectivity index (χ1v) is 7.92. The molecule has 0 aromatic heterocycles. The van der Waals surface area contributed by atoms with E-state index >= 15 is 0 Å². The Morgan fingerprint density at radius 3 is 1.89 bits per heavy atom. The summed E-state index contributed by atoms with van der Waals surface area (Å²) in [5, 5.41) is 38.0. The number of aromatic hydroxyl groups is 4. The van der Waals surface area contributed by atoms with E-state index in [4.69, 9.17) is 9.47 Å². The molecule has 0 saturated carbocycles. The van der Waals surface area contributed by atoms with Gasteiger partial charge >= 0.3 is 11.9 Å². The minimum atomic E-state index is -0.973. The topological polar surface area (TPSA) is 134 Å². The third kappa shape index (κ3) is 3.96. The number of para-hydroxylation sites is 2. The summed E-state index contributed by atoms with van der Waals surface area (Å²) in [5.74, 6) is -3.54. The van der Waals surface area contributed by atoms with E-state index in [1.807, 2.05) is 0 Å². The smallest absolute Gasteiger partial charge is 0.347 e. The van der Waals surface area contributed by atoms with E-state index in [0.29, 0.717) is 0 Å². The number of phenols is 4. The second-order valence-electron chi connectivity index (χ2n) is 5.63. The van der Waals surface area contributed by atoms with Gasteiger partial charge in [-0.1, -0.05) is 12.1 Å². The molecule has 3 aromatic carbocycles. The number of phenolic OH excluding ortho intramolecular Hbond substituents is 4. The lowest BCUT2D eigenvalue weighted by atomic mass is 10.2. The van der Waals surface area contributed by atoms with Crippen LogP contribution in [0.4, 0.5) is 0 Å². The van der Waals surface area contributed by atoms with Crippen molar-refractivity contribution in [2.24, 2.45) is 0 Å². The molecule has 142 valence electrons. The van der Waals surface area contributed by atoms with Gasteiger partial charge in [-0.15, -0.1) is 0 Å². The van der Waals surface area contributed by atoms with E-state index in [9.17, 15) is 30.0 Å². The Kier molecular flexibility index (Phi) is 5.03. The number of rotatable bonds is 4. The molecule has 3 rings (SSSR count). The molecule has 0 aliphatic rings. The number of ether oxygens (including phenoxy) is 2. The minimum Gasteiger partial charge on any atom is -0.508 e. The van der Waals surface area contributed by atoms with Gasteiger partial charge in [0.2, 0.25) is 0 Å². The molecule has 0 aliphatic heterocycles. The molecule has 0 unspecified atom stereocenters. The maximum absolute atomic E-state index is 12.3. The average Bonchev–Trinajstić information content (AvgIpc) is 2.67. The summed E-state index contributed by atoms with van der Waals surface area (Å²) in [4.78, 5) is 24.5. The van der Waals surface area contributed by atoms with Crippen LogP contribution >= 0.6 is 0 Å². The molecule has 0 saturated heterocycles. The second-order valence-corrected chi connectivity index (χ2v) is 5.63. The summed E-state index contributed by atoms with van der Waals surface area (Å²) in [6.45, 7) is 0. The lowest BCUT2D eigenvalue weighted by Gasteiger charge is -2.11. The highest BCUT2D eigenvalue weighted by Crippen LogP contribution is 2.31. The zero-order chi connectivity index (χ0) is 20.3. The summed E-state index contributed by atoms with van der Waals surface area (Å²) in [6.07, 6.45) is 0. The molecule has 0 aliphatic carbocycles.